The number of carbonyl (C=O) groups is 1. The third kappa shape index (κ3) is 3.21. The second-order valence-corrected chi connectivity index (χ2v) is 7.25. The van der Waals surface area contributed by atoms with Crippen molar-refractivity contribution in [1.82, 2.24) is 10.2 Å². The van der Waals surface area contributed by atoms with Gasteiger partial charge in [0.05, 0.1) is 5.25 Å². The second kappa shape index (κ2) is 6.29. The summed E-state index contributed by atoms with van der Waals surface area (Å²) < 4.78 is 0. The number of carbonyl (C=O) groups excluding carboxylic acids is 1. The molecule has 0 aliphatic carbocycles. The maximum atomic E-state index is 12.6. The Morgan fingerprint density at radius 3 is 2.72 bits per heavy atom. The van der Waals surface area contributed by atoms with Crippen LogP contribution in [0.15, 0.2) is 0 Å². The van der Waals surface area contributed by atoms with E-state index in [9.17, 15) is 4.79 Å². The van der Waals surface area contributed by atoms with Crippen molar-refractivity contribution in [3.05, 3.63) is 0 Å². The highest BCUT2D eigenvalue weighted by Crippen LogP contribution is 2.25. The zero-order valence-corrected chi connectivity index (χ0v) is 12.6. The summed E-state index contributed by atoms with van der Waals surface area (Å²) in [6.07, 6.45) is 3.66. The number of thioether (sulfide) groups is 1. The third-order valence-electron chi connectivity index (χ3n) is 4.03. The van der Waals surface area contributed by atoms with Gasteiger partial charge in [-0.2, -0.15) is 0 Å². The summed E-state index contributed by atoms with van der Waals surface area (Å²) in [5.74, 6) is 1.81. The lowest BCUT2D eigenvalue weighted by atomic mass is 10.1. The second-order valence-electron chi connectivity index (χ2n) is 5.83. The molecule has 4 heteroatoms. The Hall–Kier alpha value is -0.220. The molecule has 2 fully saturated rings. The van der Waals surface area contributed by atoms with Crippen LogP contribution in [0.2, 0.25) is 0 Å². The van der Waals surface area contributed by atoms with E-state index in [0.29, 0.717) is 23.9 Å². The summed E-state index contributed by atoms with van der Waals surface area (Å²) in [7, 11) is 0. The molecule has 0 radical (unpaired) electrons. The van der Waals surface area contributed by atoms with Gasteiger partial charge in [0.2, 0.25) is 5.91 Å². The number of likely N-dealkylation sites (tertiary alicyclic amines) is 1. The highest BCUT2D eigenvalue weighted by molar-refractivity contribution is 8.00. The average Bonchev–Trinajstić information content (AvgIpc) is 2.64. The van der Waals surface area contributed by atoms with E-state index in [4.69, 9.17) is 0 Å². The van der Waals surface area contributed by atoms with E-state index in [2.05, 4.69) is 31.0 Å². The number of amides is 1. The molecule has 3 unspecified atom stereocenters. The minimum atomic E-state index is 0.145. The lowest BCUT2D eigenvalue weighted by molar-refractivity contribution is -0.131. The summed E-state index contributed by atoms with van der Waals surface area (Å²) in [6, 6.07) is 1.20. The normalized spacial score (nSPS) is 29.4. The van der Waals surface area contributed by atoms with E-state index < -0.39 is 0 Å². The highest BCUT2D eigenvalue weighted by atomic mass is 32.2. The van der Waals surface area contributed by atoms with Crippen LogP contribution in [0.3, 0.4) is 0 Å². The Kier molecular flexibility index (Phi) is 4.96. The fourth-order valence-electron chi connectivity index (χ4n) is 3.05. The molecule has 3 nitrogen and oxygen atoms in total. The first-order valence-electron chi connectivity index (χ1n) is 7.28. The minimum Gasteiger partial charge on any atom is -0.340 e. The van der Waals surface area contributed by atoms with Crippen molar-refractivity contribution in [2.45, 2.75) is 57.4 Å². The molecule has 2 aliphatic heterocycles. The summed E-state index contributed by atoms with van der Waals surface area (Å²) in [4.78, 5) is 14.8. The third-order valence-corrected chi connectivity index (χ3v) is 5.47. The van der Waals surface area contributed by atoms with Crippen molar-refractivity contribution < 1.29 is 4.79 Å². The molecule has 0 aromatic rings. The number of fused-ring (bicyclic) bond motifs is 2. The Balaban J connectivity index is 1.98. The van der Waals surface area contributed by atoms with Crippen LogP contribution in [0.5, 0.6) is 0 Å². The largest absolute Gasteiger partial charge is 0.340 e. The smallest absolute Gasteiger partial charge is 0.236 e. The average molecular weight is 270 g/mol. The van der Waals surface area contributed by atoms with Crippen molar-refractivity contribution in [2.24, 2.45) is 5.92 Å². The van der Waals surface area contributed by atoms with Gasteiger partial charge in [-0.05, 0) is 30.9 Å². The Labute approximate surface area is 115 Å². The van der Waals surface area contributed by atoms with E-state index >= 15 is 0 Å². The summed E-state index contributed by atoms with van der Waals surface area (Å²) in [5.41, 5.74) is 0. The molecule has 18 heavy (non-hydrogen) atoms. The van der Waals surface area contributed by atoms with E-state index in [1.165, 1.54) is 12.8 Å². The SMILES string of the molecule is CCSC(C(=O)N1CCC2CCC(C1)N2)C(C)C. The van der Waals surface area contributed by atoms with Crippen molar-refractivity contribution in [2.75, 3.05) is 18.8 Å². The molecule has 2 heterocycles. The molecule has 2 bridgehead atoms. The first kappa shape index (κ1) is 14.2. The zero-order valence-electron chi connectivity index (χ0n) is 11.8. The Bertz CT molecular complexity index is 296. The summed E-state index contributed by atoms with van der Waals surface area (Å²) >= 11 is 1.80. The molecule has 0 aromatic carbocycles. The van der Waals surface area contributed by atoms with Crippen LogP contribution >= 0.6 is 11.8 Å². The first-order valence-corrected chi connectivity index (χ1v) is 8.33. The van der Waals surface area contributed by atoms with Gasteiger partial charge in [0.25, 0.3) is 0 Å². The highest BCUT2D eigenvalue weighted by Gasteiger charge is 2.34. The van der Waals surface area contributed by atoms with Crippen LogP contribution in [-0.4, -0.2) is 47.0 Å². The predicted molar refractivity (Wildman–Crippen MR) is 77.9 cm³/mol. The maximum Gasteiger partial charge on any atom is 0.236 e. The zero-order chi connectivity index (χ0) is 13.1. The lowest BCUT2D eigenvalue weighted by Gasteiger charge is -2.30. The van der Waals surface area contributed by atoms with Crippen molar-refractivity contribution >= 4 is 17.7 Å². The molecular formula is C14H26N2OS. The van der Waals surface area contributed by atoms with Gasteiger partial charge in [0.15, 0.2) is 0 Å². The molecule has 3 atom stereocenters. The van der Waals surface area contributed by atoms with Gasteiger partial charge >= 0.3 is 0 Å². The van der Waals surface area contributed by atoms with Crippen LogP contribution in [0.4, 0.5) is 0 Å². The maximum absolute atomic E-state index is 12.6. The quantitative estimate of drug-likeness (QED) is 0.849. The van der Waals surface area contributed by atoms with Crippen LogP contribution < -0.4 is 5.32 Å². The molecule has 104 valence electrons. The monoisotopic (exact) mass is 270 g/mol. The van der Waals surface area contributed by atoms with E-state index in [1.54, 1.807) is 11.8 Å². The van der Waals surface area contributed by atoms with E-state index in [1.807, 2.05) is 0 Å². The molecule has 2 aliphatic rings. The summed E-state index contributed by atoms with van der Waals surface area (Å²) in [6.45, 7) is 8.32. The number of hydrogen-bond donors (Lipinski definition) is 1. The molecule has 1 amide bonds. The number of hydrogen-bond acceptors (Lipinski definition) is 3. The number of nitrogens with zero attached hydrogens (tertiary/aromatic N) is 1. The number of nitrogens with one attached hydrogen (secondary N) is 1. The van der Waals surface area contributed by atoms with Gasteiger partial charge in [0.1, 0.15) is 0 Å². The first-order chi connectivity index (χ1) is 8.61. The van der Waals surface area contributed by atoms with Crippen LogP contribution in [-0.2, 0) is 4.79 Å². The fourth-order valence-corrected chi connectivity index (χ4v) is 4.09. The van der Waals surface area contributed by atoms with E-state index in [0.717, 1.165) is 25.3 Å². The summed E-state index contributed by atoms with van der Waals surface area (Å²) in [5, 5.41) is 3.78. The number of rotatable bonds is 4. The van der Waals surface area contributed by atoms with Gasteiger partial charge < -0.3 is 10.2 Å². The lowest BCUT2D eigenvalue weighted by Crippen LogP contribution is -2.44. The van der Waals surface area contributed by atoms with Crippen LogP contribution in [0.25, 0.3) is 0 Å². The van der Waals surface area contributed by atoms with E-state index in [-0.39, 0.29) is 5.25 Å². The molecular weight excluding hydrogens is 244 g/mol. The molecule has 0 saturated carbocycles. The van der Waals surface area contributed by atoms with Gasteiger partial charge in [-0.25, -0.2) is 0 Å². The molecule has 2 saturated heterocycles. The molecule has 0 spiro atoms. The van der Waals surface area contributed by atoms with Crippen molar-refractivity contribution in [1.29, 1.82) is 0 Å². The van der Waals surface area contributed by atoms with Gasteiger partial charge in [-0.1, -0.05) is 20.8 Å². The topological polar surface area (TPSA) is 32.3 Å². The van der Waals surface area contributed by atoms with Crippen LogP contribution in [0.1, 0.15) is 40.0 Å². The van der Waals surface area contributed by atoms with Gasteiger partial charge in [-0.15, -0.1) is 11.8 Å². The fraction of sp³-hybridized carbons (Fsp3) is 0.929. The minimum absolute atomic E-state index is 0.145. The standard InChI is InChI=1S/C14H26N2OS/c1-4-18-13(10(2)3)14(17)16-8-7-11-5-6-12(9-16)15-11/h10-13,15H,4-9H2,1-3H3. The van der Waals surface area contributed by atoms with Crippen molar-refractivity contribution in [3.8, 4) is 0 Å². The van der Waals surface area contributed by atoms with Crippen LogP contribution in [0, 0.1) is 5.92 Å². The van der Waals surface area contributed by atoms with Crippen molar-refractivity contribution in [3.63, 3.8) is 0 Å². The molecule has 2 rings (SSSR count). The predicted octanol–water partition coefficient (Wildman–Crippen LogP) is 2.12. The Morgan fingerprint density at radius 2 is 2.06 bits per heavy atom. The Morgan fingerprint density at radius 1 is 1.33 bits per heavy atom. The van der Waals surface area contributed by atoms with Gasteiger partial charge in [-0.3, -0.25) is 4.79 Å². The molecule has 1 N–H and O–H groups in total. The molecule has 0 aromatic heterocycles. The van der Waals surface area contributed by atoms with Gasteiger partial charge in [0, 0.05) is 25.2 Å².